The summed E-state index contributed by atoms with van der Waals surface area (Å²) >= 11 is 7.04. The van der Waals surface area contributed by atoms with Crippen LogP contribution >= 0.6 is 23.4 Å². The number of thioether (sulfide) groups is 1. The third-order valence-corrected chi connectivity index (χ3v) is 7.58. The molecule has 13 heteroatoms. The van der Waals surface area contributed by atoms with E-state index in [1.807, 2.05) is 0 Å². The van der Waals surface area contributed by atoms with Crippen LogP contribution in [0.5, 0.6) is 23.0 Å². The monoisotopic (exact) mass is 646 g/mol. The summed E-state index contributed by atoms with van der Waals surface area (Å²) in [5.74, 6) is 0.599. The third-order valence-electron chi connectivity index (χ3n) is 6.33. The second-order valence-electron chi connectivity index (χ2n) is 9.36. The minimum atomic E-state index is -0.355. The number of phenols is 1. The van der Waals surface area contributed by atoms with Crippen LogP contribution in [0.15, 0.2) is 98.6 Å². The standard InChI is InChI=1S/C32H27ClN4O7S/c1-41-26-14-20(15-27(42-2)30(26)39)17-34-36-32-37(18-24-7-5-13-43-24)31(40)28(45-32)16-21-6-3-4-8-25(21)44-19-29(38)35-23-11-9-22(33)10-12-23/h3-17,39H,18-19H2,1-2H3,(H,35,38)/b28-16-,34-17-,36-32+. The van der Waals surface area contributed by atoms with Crippen molar-refractivity contribution in [3.8, 4) is 23.0 Å². The number of hydrogen-bond donors (Lipinski definition) is 2. The van der Waals surface area contributed by atoms with E-state index >= 15 is 0 Å². The van der Waals surface area contributed by atoms with E-state index in [0.29, 0.717) is 43.4 Å². The van der Waals surface area contributed by atoms with E-state index in [4.69, 9.17) is 30.2 Å². The average molecular weight is 647 g/mol. The summed E-state index contributed by atoms with van der Waals surface area (Å²) in [5, 5.41) is 22.3. The number of carbonyl (C=O) groups is 2. The minimum absolute atomic E-state index is 0.133. The summed E-state index contributed by atoms with van der Waals surface area (Å²) in [6.45, 7) is -0.114. The lowest BCUT2D eigenvalue weighted by atomic mass is 10.2. The zero-order valence-corrected chi connectivity index (χ0v) is 25.7. The van der Waals surface area contributed by atoms with Crippen LogP contribution < -0.4 is 19.5 Å². The van der Waals surface area contributed by atoms with Gasteiger partial charge in [0, 0.05) is 21.8 Å². The normalized spacial score (nSPS) is 14.8. The number of furan rings is 1. The first kappa shape index (κ1) is 31.2. The van der Waals surface area contributed by atoms with Crippen LogP contribution in [0, 0.1) is 0 Å². The number of benzene rings is 3. The molecule has 0 saturated carbocycles. The third kappa shape index (κ3) is 7.85. The zero-order valence-electron chi connectivity index (χ0n) is 24.1. The van der Waals surface area contributed by atoms with Gasteiger partial charge in [0.2, 0.25) is 5.75 Å². The van der Waals surface area contributed by atoms with Crippen molar-refractivity contribution in [3.63, 3.8) is 0 Å². The van der Waals surface area contributed by atoms with Gasteiger partial charge >= 0.3 is 0 Å². The van der Waals surface area contributed by atoms with Crippen molar-refractivity contribution in [2.45, 2.75) is 6.54 Å². The zero-order chi connectivity index (χ0) is 31.8. The number of amidine groups is 1. The largest absolute Gasteiger partial charge is 0.502 e. The second kappa shape index (κ2) is 14.5. The van der Waals surface area contributed by atoms with Gasteiger partial charge in [0.05, 0.1) is 38.1 Å². The van der Waals surface area contributed by atoms with Crippen LogP contribution in [0.3, 0.4) is 0 Å². The first-order valence-electron chi connectivity index (χ1n) is 13.4. The SMILES string of the molecule is COc1cc(/C=N\N=C2\S/C(=C\c3ccccc3OCC(=O)Nc3ccc(Cl)cc3)C(=O)N2Cc2ccco2)cc(OC)c1O. The maximum absolute atomic E-state index is 13.6. The van der Waals surface area contributed by atoms with Crippen molar-refractivity contribution >= 4 is 58.3 Å². The molecule has 230 valence electrons. The maximum Gasteiger partial charge on any atom is 0.267 e. The molecular weight excluding hydrogens is 620 g/mol. The number of para-hydroxylation sites is 1. The number of hydrogen-bond acceptors (Lipinski definition) is 10. The molecule has 4 aromatic rings. The molecule has 2 N–H and O–H groups in total. The molecule has 1 saturated heterocycles. The van der Waals surface area contributed by atoms with Crippen molar-refractivity contribution in [1.29, 1.82) is 0 Å². The Morgan fingerprint density at radius 3 is 2.47 bits per heavy atom. The fourth-order valence-corrected chi connectivity index (χ4v) is 5.21. The summed E-state index contributed by atoms with van der Waals surface area (Å²) in [7, 11) is 2.85. The first-order chi connectivity index (χ1) is 21.8. The molecule has 0 atom stereocenters. The molecule has 2 heterocycles. The molecule has 1 fully saturated rings. The average Bonchev–Trinajstić information content (AvgIpc) is 3.66. The molecule has 0 unspecified atom stereocenters. The Morgan fingerprint density at radius 1 is 1.04 bits per heavy atom. The molecule has 1 aliphatic heterocycles. The van der Waals surface area contributed by atoms with E-state index in [2.05, 4.69) is 15.5 Å². The fraction of sp³-hybridized carbons (Fsp3) is 0.125. The van der Waals surface area contributed by atoms with Crippen molar-refractivity contribution in [2.75, 3.05) is 26.1 Å². The van der Waals surface area contributed by atoms with Crippen molar-refractivity contribution in [1.82, 2.24) is 4.90 Å². The van der Waals surface area contributed by atoms with Crippen LogP contribution in [-0.4, -0.2) is 54.0 Å². The van der Waals surface area contributed by atoms with Crippen LogP contribution in [-0.2, 0) is 16.1 Å². The minimum Gasteiger partial charge on any atom is -0.502 e. The number of carbonyl (C=O) groups excluding carboxylic acids is 2. The second-order valence-corrected chi connectivity index (χ2v) is 10.8. The molecule has 3 aromatic carbocycles. The Kier molecular flexibility index (Phi) is 10.1. The predicted molar refractivity (Wildman–Crippen MR) is 173 cm³/mol. The lowest BCUT2D eigenvalue weighted by molar-refractivity contribution is -0.122. The van der Waals surface area contributed by atoms with Crippen molar-refractivity contribution < 1.29 is 33.3 Å². The Balaban J connectivity index is 1.36. The molecule has 45 heavy (non-hydrogen) atoms. The number of aromatic hydroxyl groups is 1. The van der Waals surface area contributed by atoms with Gasteiger partial charge in [-0.25, -0.2) is 0 Å². The molecule has 0 aliphatic carbocycles. The number of amides is 2. The number of ether oxygens (including phenoxy) is 3. The predicted octanol–water partition coefficient (Wildman–Crippen LogP) is 6.18. The van der Waals surface area contributed by atoms with Crippen molar-refractivity contribution in [3.05, 3.63) is 106 Å². The van der Waals surface area contributed by atoms with Crippen LogP contribution in [0.1, 0.15) is 16.9 Å². The summed E-state index contributed by atoms with van der Waals surface area (Å²) in [6.07, 6.45) is 4.65. The maximum atomic E-state index is 13.6. The highest BCUT2D eigenvalue weighted by Crippen LogP contribution is 2.37. The van der Waals surface area contributed by atoms with E-state index < -0.39 is 0 Å². The quantitative estimate of drug-likeness (QED) is 0.112. The highest BCUT2D eigenvalue weighted by atomic mass is 35.5. The van der Waals surface area contributed by atoms with Gasteiger partial charge in [0.15, 0.2) is 23.3 Å². The highest BCUT2D eigenvalue weighted by molar-refractivity contribution is 8.18. The number of phenolic OH excluding ortho intramolecular Hbond substituents is 1. The van der Waals surface area contributed by atoms with Gasteiger partial charge < -0.3 is 29.1 Å². The van der Waals surface area contributed by atoms with Gasteiger partial charge in [-0.05, 0) is 72.4 Å². The molecule has 1 aliphatic rings. The van der Waals surface area contributed by atoms with Crippen LogP contribution in [0.25, 0.3) is 6.08 Å². The molecule has 1 aromatic heterocycles. The van der Waals surface area contributed by atoms with Gasteiger partial charge in [-0.2, -0.15) is 5.10 Å². The van der Waals surface area contributed by atoms with Crippen LogP contribution in [0.2, 0.25) is 5.02 Å². The Hall–Kier alpha value is -5.20. The van der Waals surface area contributed by atoms with Gasteiger partial charge in [0.1, 0.15) is 11.5 Å². The molecular formula is C32H27ClN4O7S. The molecule has 11 nitrogen and oxygen atoms in total. The Bertz CT molecular complexity index is 1750. The van der Waals surface area contributed by atoms with E-state index in [1.165, 1.54) is 31.6 Å². The molecule has 0 radical (unpaired) electrons. The fourth-order valence-electron chi connectivity index (χ4n) is 4.16. The number of nitrogens with one attached hydrogen (secondary N) is 1. The first-order valence-corrected chi connectivity index (χ1v) is 14.6. The highest BCUT2D eigenvalue weighted by Gasteiger charge is 2.34. The summed E-state index contributed by atoms with van der Waals surface area (Å²) < 4.78 is 21.7. The van der Waals surface area contributed by atoms with E-state index in [9.17, 15) is 14.7 Å². The molecule has 5 rings (SSSR count). The molecule has 2 amide bonds. The van der Waals surface area contributed by atoms with Gasteiger partial charge in [-0.3, -0.25) is 14.5 Å². The number of anilines is 1. The van der Waals surface area contributed by atoms with Gasteiger partial charge in [-0.15, -0.1) is 5.10 Å². The van der Waals surface area contributed by atoms with Gasteiger partial charge in [-0.1, -0.05) is 29.8 Å². The summed E-state index contributed by atoms with van der Waals surface area (Å²) in [6, 6.07) is 20.5. The molecule has 0 bridgehead atoms. The van der Waals surface area contributed by atoms with E-state index in [-0.39, 0.29) is 42.2 Å². The number of rotatable bonds is 11. The summed E-state index contributed by atoms with van der Waals surface area (Å²) in [5.41, 5.74) is 1.74. The number of halogens is 1. The smallest absolute Gasteiger partial charge is 0.267 e. The Labute approximate surface area is 267 Å². The van der Waals surface area contributed by atoms with Crippen LogP contribution in [0.4, 0.5) is 5.69 Å². The van der Waals surface area contributed by atoms with Gasteiger partial charge in [0.25, 0.3) is 11.8 Å². The van der Waals surface area contributed by atoms with E-state index in [1.54, 1.807) is 78.9 Å². The summed E-state index contributed by atoms with van der Waals surface area (Å²) in [4.78, 5) is 27.9. The van der Waals surface area contributed by atoms with Crippen molar-refractivity contribution in [2.24, 2.45) is 10.2 Å². The lowest BCUT2D eigenvalue weighted by Gasteiger charge is -2.13. The number of methoxy groups -OCH3 is 2. The lowest BCUT2D eigenvalue weighted by Crippen LogP contribution is -2.28. The number of nitrogens with zero attached hydrogens (tertiary/aromatic N) is 3. The Morgan fingerprint density at radius 2 is 1.78 bits per heavy atom. The molecule has 0 spiro atoms. The topological polar surface area (TPSA) is 135 Å². The van der Waals surface area contributed by atoms with E-state index in [0.717, 1.165) is 11.8 Å².